The molecule has 86 valence electrons. The molecule has 0 fully saturated rings. The molecule has 0 saturated carbocycles. The number of benzene rings is 1. The predicted molar refractivity (Wildman–Crippen MR) is 59.4 cm³/mol. The summed E-state index contributed by atoms with van der Waals surface area (Å²) in [6.07, 6.45) is 2.50. The summed E-state index contributed by atoms with van der Waals surface area (Å²) in [6.45, 7) is 0.769. The molecule has 0 amide bonds. The molecule has 0 saturated heterocycles. The van der Waals surface area contributed by atoms with Crippen molar-refractivity contribution in [2.45, 2.75) is 6.61 Å². The van der Waals surface area contributed by atoms with Gasteiger partial charge in [-0.05, 0) is 23.8 Å². The topological polar surface area (TPSA) is 55.8 Å². The van der Waals surface area contributed by atoms with E-state index in [0.717, 1.165) is 11.6 Å². The van der Waals surface area contributed by atoms with Crippen LogP contribution < -0.4 is 4.74 Å². The summed E-state index contributed by atoms with van der Waals surface area (Å²) in [4.78, 5) is 10.2. The molecule has 1 aromatic rings. The van der Waals surface area contributed by atoms with Crippen LogP contribution in [0.5, 0.6) is 5.75 Å². The molecule has 0 bridgehead atoms. The van der Waals surface area contributed by atoms with Crippen molar-refractivity contribution in [2.24, 2.45) is 0 Å². The van der Waals surface area contributed by atoms with Gasteiger partial charge in [-0.15, -0.1) is 0 Å². The monoisotopic (exact) mass is 222 g/mol. The van der Waals surface area contributed by atoms with Gasteiger partial charge in [0.1, 0.15) is 12.4 Å². The van der Waals surface area contributed by atoms with Gasteiger partial charge >= 0.3 is 5.97 Å². The zero-order valence-electron chi connectivity index (χ0n) is 9.05. The van der Waals surface area contributed by atoms with Crippen LogP contribution in [0.2, 0.25) is 0 Å². The van der Waals surface area contributed by atoms with Crippen LogP contribution in [0.4, 0.5) is 0 Å². The van der Waals surface area contributed by atoms with E-state index in [2.05, 4.69) is 0 Å². The molecule has 0 aliphatic carbocycles. The third kappa shape index (κ3) is 4.61. The molecule has 16 heavy (non-hydrogen) atoms. The highest BCUT2D eigenvalue weighted by Gasteiger charge is 1.95. The molecule has 1 aromatic carbocycles. The van der Waals surface area contributed by atoms with Gasteiger partial charge in [-0.2, -0.15) is 0 Å². The number of carbonyl (C=O) groups is 1. The van der Waals surface area contributed by atoms with Gasteiger partial charge < -0.3 is 14.6 Å². The molecule has 0 aliphatic rings. The Morgan fingerprint density at radius 3 is 3.00 bits per heavy atom. The number of hydrogen-bond acceptors (Lipinski definition) is 3. The summed E-state index contributed by atoms with van der Waals surface area (Å²) in [5.74, 6) is -0.277. The lowest BCUT2D eigenvalue weighted by atomic mass is 10.2. The van der Waals surface area contributed by atoms with E-state index < -0.39 is 5.97 Å². The molecule has 1 rings (SSSR count). The molecule has 0 atom stereocenters. The second kappa shape index (κ2) is 6.63. The standard InChI is InChI=1S/C12H14O4/c1-15-9-10-4-2-5-11(8-10)16-7-3-6-12(13)14/h2-6,8H,7,9H2,1H3,(H,13,14)/b6-3+. The number of carboxylic acid groups (broad SMARTS) is 1. The minimum absolute atomic E-state index is 0.239. The largest absolute Gasteiger partial charge is 0.490 e. The molecule has 0 unspecified atom stereocenters. The van der Waals surface area contributed by atoms with Gasteiger partial charge in [-0.1, -0.05) is 12.1 Å². The van der Waals surface area contributed by atoms with Gasteiger partial charge in [0.25, 0.3) is 0 Å². The molecular formula is C12H14O4. The van der Waals surface area contributed by atoms with Gasteiger partial charge in [0, 0.05) is 13.2 Å². The van der Waals surface area contributed by atoms with Crippen molar-refractivity contribution in [1.82, 2.24) is 0 Å². The summed E-state index contributed by atoms with van der Waals surface area (Å²) in [5.41, 5.74) is 1.02. The van der Waals surface area contributed by atoms with E-state index in [9.17, 15) is 4.79 Å². The van der Waals surface area contributed by atoms with Crippen LogP contribution in [-0.2, 0) is 16.1 Å². The summed E-state index contributed by atoms with van der Waals surface area (Å²) in [6, 6.07) is 7.47. The minimum atomic E-state index is -0.975. The number of rotatable bonds is 6. The highest BCUT2D eigenvalue weighted by Crippen LogP contribution is 2.13. The van der Waals surface area contributed by atoms with E-state index in [-0.39, 0.29) is 6.61 Å². The first kappa shape index (κ1) is 12.3. The Morgan fingerprint density at radius 2 is 2.31 bits per heavy atom. The van der Waals surface area contributed by atoms with E-state index in [1.165, 1.54) is 6.08 Å². The van der Waals surface area contributed by atoms with Gasteiger partial charge in [0.2, 0.25) is 0 Å². The maximum Gasteiger partial charge on any atom is 0.328 e. The normalized spacial score (nSPS) is 10.6. The minimum Gasteiger partial charge on any atom is -0.490 e. The zero-order valence-corrected chi connectivity index (χ0v) is 9.05. The molecule has 0 aromatic heterocycles. The van der Waals surface area contributed by atoms with Crippen molar-refractivity contribution >= 4 is 5.97 Å². The van der Waals surface area contributed by atoms with E-state index in [1.807, 2.05) is 24.3 Å². The van der Waals surface area contributed by atoms with Crippen LogP contribution in [0.1, 0.15) is 5.56 Å². The first-order valence-corrected chi connectivity index (χ1v) is 4.82. The Kier molecular flexibility index (Phi) is 5.08. The van der Waals surface area contributed by atoms with Crippen molar-refractivity contribution in [3.8, 4) is 5.75 Å². The third-order valence-electron chi connectivity index (χ3n) is 1.82. The van der Waals surface area contributed by atoms with Crippen molar-refractivity contribution < 1.29 is 19.4 Å². The highest BCUT2D eigenvalue weighted by molar-refractivity contribution is 5.79. The van der Waals surface area contributed by atoms with Crippen LogP contribution >= 0.6 is 0 Å². The Labute approximate surface area is 94.1 Å². The molecule has 0 heterocycles. The van der Waals surface area contributed by atoms with Crippen molar-refractivity contribution in [3.63, 3.8) is 0 Å². The van der Waals surface area contributed by atoms with Gasteiger partial charge in [0.15, 0.2) is 0 Å². The van der Waals surface area contributed by atoms with Crippen molar-refractivity contribution in [3.05, 3.63) is 42.0 Å². The molecule has 1 N–H and O–H groups in total. The molecule has 4 heteroatoms. The van der Waals surface area contributed by atoms with Crippen LogP contribution in [-0.4, -0.2) is 24.8 Å². The zero-order chi connectivity index (χ0) is 11.8. The maximum atomic E-state index is 10.2. The molecule has 0 spiro atoms. The lowest BCUT2D eigenvalue weighted by Crippen LogP contribution is -1.96. The molecule has 0 radical (unpaired) electrons. The summed E-state index contributed by atoms with van der Waals surface area (Å²) >= 11 is 0. The average molecular weight is 222 g/mol. The van der Waals surface area contributed by atoms with Crippen molar-refractivity contribution in [2.75, 3.05) is 13.7 Å². The Hall–Kier alpha value is -1.81. The van der Waals surface area contributed by atoms with E-state index in [4.69, 9.17) is 14.6 Å². The Balaban J connectivity index is 2.47. The summed E-state index contributed by atoms with van der Waals surface area (Å²) in [5, 5.41) is 8.37. The maximum absolute atomic E-state index is 10.2. The first-order valence-electron chi connectivity index (χ1n) is 4.82. The predicted octanol–water partition coefficient (Wildman–Crippen LogP) is 1.85. The second-order valence-electron chi connectivity index (χ2n) is 3.13. The second-order valence-corrected chi connectivity index (χ2v) is 3.13. The van der Waals surface area contributed by atoms with E-state index in [0.29, 0.717) is 12.4 Å². The lowest BCUT2D eigenvalue weighted by Gasteiger charge is -2.05. The smallest absolute Gasteiger partial charge is 0.328 e. The number of carboxylic acids is 1. The van der Waals surface area contributed by atoms with Gasteiger partial charge in [-0.25, -0.2) is 4.79 Å². The quantitative estimate of drug-likeness (QED) is 0.746. The van der Waals surface area contributed by atoms with E-state index in [1.54, 1.807) is 7.11 Å². The van der Waals surface area contributed by atoms with Crippen molar-refractivity contribution in [1.29, 1.82) is 0 Å². The number of hydrogen-bond donors (Lipinski definition) is 1. The number of aliphatic carboxylic acids is 1. The fraction of sp³-hybridized carbons (Fsp3) is 0.250. The lowest BCUT2D eigenvalue weighted by molar-refractivity contribution is -0.131. The van der Waals surface area contributed by atoms with Crippen LogP contribution in [0, 0.1) is 0 Å². The number of ether oxygens (including phenoxy) is 2. The summed E-state index contributed by atoms with van der Waals surface area (Å²) in [7, 11) is 1.63. The van der Waals surface area contributed by atoms with E-state index >= 15 is 0 Å². The van der Waals surface area contributed by atoms with Crippen LogP contribution in [0.25, 0.3) is 0 Å². The molecule has 0 aliphatic heterocycles. The third-order valence-corrected chi connectivity index (χ3v) is 1.82. The Morgan fingerprint density at radius 1 is 1.50 bits per heavy atom. The fourth-order valence-corrected chi connectivity index (χ4v) is 1.18. The van der Waals surface area contributed by atoms with Gasteiger partial charge in [-0.3, -0.25) is 0 Å². The molecule has 4 nitrogen and oxygen atoms in total. The summed E-state index contributed by atoms with van der Waals surface area (Å²) < 4.78 is 10.3. The first-order chi connectivity index (χ1) is 7.72. The molecular weight excluding hydrogens is 208 g/mol. The number of methoxy groups -OCH3 is 1. The van der Waals surface area contributed by atoms with Crippen LogP contribution in [0.3, 0.4) is 0 Å². The Bertz CT molecular complexity index is 371. The van der Waals surface area contributed by atoms with Gasteiger partial charge in [0.05, 0.1) is 6.61 Å². The highest BCUT2D eigenvalue weighted by atomic mass is 16.5. The average Bonchev–Trinajstić information content (AvgIpc) is 2.25. The SMILES string of the molecule is COCc1cccc(OC/C=C/C(=O)O)c1. The fourth-order valence-electron chi connectivity index (χ4n) is 1.18. The van der Waals surface area contributed by atoms with Crippen LogP contribution in [0.15, 0.2) is 36.4 Å².